The highest BCUT2D eigenvalue weighted by molar-refractivity contribution is 8.00. The van der Waals surface area contributed by atoms with Crippen molar-refractivity contribution >= 4 is 35.0 Å². The van der Waals surface area contributed by atoms with Crippen LogP contribution in [-0.2, 0) is 18.0 Å². The van der Waals surface area contributed by atoms with Gasteiger partial charge in [0.15, 0.2) is 0 Å². The Labute approximate surface area is 167 Å². The topological polar surface area (TPSA) is 72.7 Å². The van der Waals surface area contributed by atoms with Crippen molar-refractivity contribution in [2.24, 2.45) is 7.05 Å². The molecule has 1 aromatic heterocycles. The predicted octanol–water partition coefficient (Wildman–Crippen LogP) is 4.35. The number of nitrogens with one attached hydrogen (secondary N) is 1. The molecule has 1 N–H and O–H groups in total. The molecule has 1 heterocycles. The summed E-state index contributed by atoms with van der Waals surface area (Å²) in [5, 5.41) is 12.8. The zero-order valence-electron chi connectivity index (χ0n) is 14.3. The van der Waals surface area contributed by atoms with Crippen LogP contribution in [0.1, 0.15) is 16.4 Å². The number of carbonyl (C=O) groups is 1. The van der Waals surface area contributed by atoms with E-state index in [0.717, 1.165) is 23.9 Å². The monoisotopic (exact) mass is 427 g/mol. The van der Waals surface area contributed by atoms with Gasteiger partial charge in [0.25, 0.3) is 0 Å². The molecule has 3 rings (SSSR count). The molecule has 0 bridgehead atoms. The van der Waals surface area contributed by atoms with E-state index >= 15 is 0 Å². The van der Waals surface area contributed by atoms with Crippen LogP contribution in [-0.4, -0.2) is 26.1 Å². The van der Waals surface area contributed by atoms with Gasteiger partial charge in [-0.1, -0.05) is 53.7 Å². The number of benzene rings is 2. The number of halogens is 4. The van der Waals surface area contributed by atoms with E-state index in [4.69, 9.17) is 11.6 Å². The second kappa shape index (κ2) is 8.19. The summed E-state index contributed by atoms with van der Waals surface area (Å²) in [6, 6.07) is 12.0. The number of aromatic nitrogens is 4. The molecule has 0 fully saturated rings. The molecule has 0 aliphatic heterocycles. The van der Waals surface area contributed by atoms with E-state index in [2.05, 4.69) is 20.8 Å². The van der Waals surface area contributed by atoms with Gasteiger partial charge in [-0.05, 0) is 34.2 Å². The van der Waals surface area contributed by atoms with Crippen molar-refractivity contribution in [1.29, 1.82) is 0 Å². The first-order valence-electron chi connectivity index (χ1n) is 7.87. The maximum Gasteiger partial charge on any atom is 0.417 e. The predicted molar refractivity (Wildman–Crippen MR) is 98.9 cm³/mol. The number of aryl methyl sites for hydroxylation is 1. The van der Waals surface area contributed by atoms with Crippen molar-refractivity contribution in [2.45, 2.75) is 16.6 Å². The Hall–Kier alpha value is -2.59. The molecule has 2 aromatic carbocycles. The van der Waals surface area contributed by atoms with Crippen LogP contribution in [0.4, 0.5) is 18.9 Å². The van der Waals surface area contributed by atoms with Crippen LogP contribution >= 0.6 is 23.4 Å². The van der Waals surface area contributed by atoms with Gasteiger partial charge in [-0.2, -0.15) is 13.2 Å². The molecule has 6 nitrogen and oxygen atoms in total. The summed E-state index contributed by atoms with van der Waals surface area (Å²) >= 11 is 6.71. The van der Waals surface area contributed by atoms with Crippen molar-refractivity contribution < 1.29 is 18.0 Å². The van der Waals surface area contributed by atoms with E-state index < -0.39 is 27.9 Å². The summed E-state index contributed by atoms with van der Waals surface area (Å²) in [6.45, 7) is 0. The highest BCUT2D eigenvalue weighted by Crippen LogP contribution is 2.38. The smallest absolute Gasteiger partial charge is 0.325 e. The van der Waals surface area contributed by atoms with Crippen LogP contribution in [0.15, 0.2) is 53.7 Å². The first-order valence-corrected chi connectivity index (χ1v) is 9.13. The SMILES string of the molecule is Cn1nnnc1SC(C(=O)Nc1ccc(Cl)c(C(F)(F)F)c1)c1ccccc1. The quantitative estimate of drug-likeness (QED) is 0.613. The van der Waals surface area contributed by atoms with Crippen LogP contribution in [0.2, 0.25) is 5.02 Å². The largest absolute Gasteiger partial charge is 0.417 e. The molecule has 28 heavy (non-hydrogen) atoms. The maximum absolute atomic E-state index is 13.1. The van der Waals surface area contributed by atoms with Crippen LogP contribution < -0.4 is 5.32 Å². The molecule has 1 unspecified atom stereocenters. The molecule has 11 heteroatoms. The Morgan fingerprint density at radius 1 is 1.21 bits per heavy atom. The molecule has 146 valence electrons. The summed E-state index contributed by atoms with van der Waals surface area (Å²) in [5.41, 5.74) is -0.384. The summed E-state index contributed by atoms with van der Waals surface area (Å²) in [5.74, 6) is -0.519. The zero-order chi connectivity index (χ0) is 20.3. The van der Waals surface area contributed by atoms with Crippen LogP contribution in [0, 0.1) is 0 Å². The fraction of sp³-hybridized carbons (Fsp3) is 0.176. The third-order valence-corrected chi connectivity index (χ3v) is 5.29. The third kappa shape index (κ3) is 4.63. The highest BCUT2D eigenvalue weighted by Gasteiger charge is 2.34. The lowest BCUT2D eigenvalue weighted by atomic mass is 10.1. The Balaban J connectivity index is 1.89. The average Bonchev–Trinajstić information content (AvgIpc) is 3.05. The number of hydrogen-bond donors (Lipinski definition) is 1. The Morgan fingerprint density at radius 3 is 2.54 bits per heavy atom. The van der Waals surface area contributed by atoms with E-state index in [1.165, 1.54) is 10.7 Å². The molecule has 1 amide bonds. The minimum absolute atomic E-state index is 0.0145. The molecule has 0 aliphatic carbocycles. The summed E-state index contributed by atoms with van der Waals surface area (Å²) in [4.78, 5) is 12.9. The fourth-order valence-electron chi connectivity index (χ4n) is 2.36. The van der Waals surface area contributed by atoms with Crippen molar-refractivity contribution in [1.82, 2.24) is 20.2 Å². The lowest BCUT2D eigenvalue weighted by Gasteiger charge is -2.17. The molecule has 0 spiro atoms. The minimum Gasteiger partial charge on any atom is -0.325 e. The van der Waals surface area contributed by atoms with Crippen molar-refractivity contribution in [3.05, 3.63) is 64.7 Å². The molecule has 0 aliphatic rings. The standard InChI is InChI=1S/C17H13ClF3N5OS/c1-26-16(23-24-25-26)28-14(10-5-3-2-4-6-10)15(27)22-11-7-8-13(18)12(9-11)17(19,20)21/h2-9,14H,1H3,(H,22,27). The van der Waals surface area contributed by atoms with Crippen LogP contribution in [0.3, 0.4) is 0 Å². The first kappa shape index (κ1) is 20.2. The van der Waals surface area contributed by atoms with E-state index in [1.807, 2.05) is 0 Å². The fourth-order valence-corrected chi connectivity index (χ4v) is 3.52. The van der Waals surface area contributed by atoms with Gasteiger partial charge in [-0.25, -0.2) is 4.68 Å². The molecular weight excluding hydrogens is 415 g/mol. The van der Waals surface area contributed by atoms with Gasteiger partial charge in [0.05, 0.1) is 10.6 Å². The highest BCUT2D eigenvalue weighted by atomic mass is 35.5. The summed E-state index contributed by atoms with van der Waals surface area (Å²) < 4.78 is 40.6. The second-order valence-corrected chi connectivity index (χ2v) is 7.15. The van der Waals surface area contributed by atoms with Gasteiger partial charge in [0.1, 0.15) is 5.25 Å². The lowest BCUT2D eigenvalue weighted by molar-refractivity contribution is -0.137. The maximum atomic E-state index is 13.1. The van der Waals surface area contributed by atoms with Gasteiger partial charge in [0, 0.05) is 12.7 Å². The lowest BCUT2D eigenvalue weighted by Crippen LogP contribution is -2.20. The van der Waals surface area contributed by atoms with Gasteiger partial charge in [-0.15, -0.1) is 5.10 Å². The third-order valence-electron chi connectivity index (χ3n) is 3.68. The van der Waals surface area contributed by atoms with Gasteiger partial charge in [0.2, 0.25) is 11.1 Å². The molecule has 3 aromatic rings. The van der Waals surface area contributed by atoms with Gasteiger partial charge >= 0.3 is 6.18 Å². The number of carbonyl (C=O) groups excluding carboxylic acids is 1. The van der Waals surface area contributed by atoms with Crippen molar-refractivity contribution in [2.75, 3.05) is 5.32 Å². The Kier molecular flexibility index (Phi) is 5.90. The van der Waals surface area contributed by atoms with E-state index in [9.17, 15) is 18.0 Å². The average molecular weight is 428 g/mol. The molecule has 0 saturated carbocycles. The van der Waals surface area contributed by atoms with Crippen molar-refractivity contribution in [3.8, 4) is 0 Å². The molecule has 1 atom stereocenters. The van der Waals surface area contributed by atoms with E-state index in [-0.39, 0.29) is 5.69 Å². The summed E-state index contributed by atoms with van der Waals surface area (Å²) in [6.07, 6.45) is -4.63. The van der Waals surface area contributed by atoms with Crippen molar-refractivity contribution in [3.63, 3.8) is 0 Å². The number of tetrazole rings is 1. The Morgan fingerprint density at radius 2 is 1.93 bits per heavy atom. The molecule has 0 radical (unpaired) electrons. The minimum atomic E-state index is -4.63. The number of anilines is 1. The van der Waals surface area contributed by atoms with Crippen LogP contribution in [0.25, 0.3) is 0 Å². The van der Waals surface area contributed by atoms with E-state index in [1.54, 1.807) is 37.4 Å². The van der Waals surface area contributed by atoms with E-state index in [0.29, 0.717) is 10.7 Å². The number of hydrogen-bond acceptors (Lipinski definition) is 5. The number of alkyl halides is 3. The molecule has 0 saturated heterocycles. The summed E-state index contributed by atoms with van der Waals surface area (Å²) in [7, 11) is 1.62. The normalized spacial score (nSPS) is 12.6. The number of amides is 1. The zero-order valence-corrected chi connectivity index (χ0v) is 15.9. The number of thioether (sulfide) groups is 1. The Bertz CT molecular complexity index is 980. The first-order chi connectivity index (χ1) is 13.3. The van der Waals surface area contributed by atoms with Gasteiger partial charge in [-0.3, -0.25) is 4.79 Å². The molecular formula is C17H13ClF3N5OS. The second-order valence-electron chi connectivity index (χ2n) is 5.68. The number of rotatable bonds is 5. The van der Waals surface area contributed by atoms with Crippen LogP contribution in [0.5, 0.6) is 0 Å². The number of nitrogens with zero attached hydrogens (tertiary/aromatic N) is 4. The van der Waals surface area contributed by atoms with Gasteiger partial charge < -0.3 is 5.32 Å².